The highest BCUT2D eigenvalue weighted by molar-refractivity contribution is 5.81. The van der Waals surface area contributed by atoms with Crippen LogP contribution in [-0.4, -0.2) is 34.1 Å². The van der Waals surface area contributed by atoms with E-state index in [1.54, 1.807) is 7.11 Å². The topological polar surface area (TPSA) is 47.4 Å². The maximum absolute atomic E-state index is 14.5. The van der Waals surface area contributed by atoms with E-state index in [-0.39, 0.29) is 22.9 Å². The summed E-state index contributed by atoms with van der Waals surface area (Å²) in [5.41, 5.74) is 3.90. The van der Waals surface area contributed by atoms with Crippen molar-refractivity contribution in [3.05, 3.63) is 149 Å². The van der Waals surface area contributed by atoms with E-state index in [0.717, 1.165) is 47.7 Å². The Hall–Kier alpha value is -4.48. The maximum atomic E-state index is 14.5. The molecule has 0 bridgehead atoms. The molecular formula is C37H31N3O2. The molecule has 5 atom stereocenters. The van der Waals surface area contributed by atoms with Gasteiger partial charge >= 0.3 is 0 Å². The van der Waals surface area contributed by atoms with Gasteiger partial charge in [-0.05, 0) is 60.8 Å². The Labute approximate surface area is 244 Å². The average Bonchev–Trinajstić information content (AvgIpc) is 3.29. The van der Waals surface area contributed by atoms with Crippen LogP contribution in [0.2, 0.25) is 0 Å². The van der Waals surface area contributed by atoms with Crippen LogP contribution >= 0.6 is 0 Å². The van der Waals surface area contributed by atoms with Crippen molar-refractivity contribution < 1.29 is 4.74 Å². The number of benzene rings is 4. The molecule has 3 aliphatic heterocycles. The van der Waals surface area contributed by atoms with E-state index in [1.165, 1.54) is 11.1 Å². The lowest BCUT2D eigenvalue weighted by Gasteiger charge is -2.44. The van der Waals surface area contributed by atoms with Crippen molar-refractivity contribution in [1.29, 1.82) is 0 Å². The molecule has 5 aromatic rings. The molecule has 2 saturated heterocycles. The molecule has 206 valence electrons. The second-order valence-electron chi connectivity index (χ2n) is 12.2. The van der Waals surface area contributed by atoms with E-state index in [2.05, 4.69) is 90.4 Å². The second kappa shape index (κ2) is 8.08. The molecule has 1 aliphatic carbocycles. The van der Waals surface area contributed by atoms with E-state index in [4.69, 9.17) is 9.72 Å². The van der Waals surface area contributed by atoms with Crippen molar-refractivity contribution in [3.8, 4) is 11.4 Å². The predicted octanol–water partition coefficient (Wildman–Crippen LogP) is 6.12. The number of nitrogens with zero attached hydrogens (tertiary/aromatic N) is 3. The SMILES string of the molecule is C=C[C@@H]1[C@@]2(c3ccccc3)[C@H]3CCCN3[C@@]3(c4cc(OC)ccc4-n4c3nc3ccccc3c4=O)[C@@]12c1ccccc1. The lowest BCUT2D eigenvalue weighted by atomic mass is 9.67. The van der Waals surface area contributed by atoms with Gasteiger partial charge in [0.25, 0.3) is 5.56 Å². The molecule has 4 aliphatic rings. The minimum absolute atomic E-state index is 0.0223. The van der Waals surface area contributed by atoms with Crippen molar-refractivity contribution in [2.75, 3.05) is 13.7 Å². The van der Waals surface area contributed by atoms with E-state index >= 15 is 0 Å². The van der Waals surface area contributed by atoms with Crippen molar-refractivity contribution in [3.63, 3.8) is 0 Å². The zero-order valence-electron chi connectivity index (χ0n) is 23.5. The Morgan fingerprint density at radius 3 is 2.38 bits per heavy atom. The number of rotatable bonds is 4. The molecule has 1 spiro atoms. The third-order valence-corrected chi connectivity index (χ3v) is 11.0. The van der Waals surface area contributed by atoms with Gasteiger partial charge in [0.1, 0.15) is 17.1 Å². The number of methoxy groups -OCH3 is 1. The smallest absolute Gasteiger partial charge is 0.266 e. The summed E-state index contributed by atoms with van der Waals surface area (Å²) < 4.78 is 7.78. The molecule has 3 fully saturated rings. The molecule has 0 amide bonds. The molecule has 5 heteroatoms. The monoisotopic (exact) mass is 549 g/mol. The van der Waals surface area contributed by atoms with Crippen LogP contribution < -0.4 is 10.3 Å². The highest BCUT2D eigenvalue weighted by Crippen LogP contribution is 2.87. The van der Waals surface area contributed by atoms with Crippen molar-refractivity contribution >= 4 is 10.9 Å². The Bertz CT molecular complexity index is 1990. The minimum atomic E-state index is -0.711. The van der Waals surface area contributed by atoms with Crippen molar-refractivity contribution in [2.24, 2.45) is 5.92 Å². The van der Waals surface area contributed by atoms with Crippen LogP contribution in [0.15, 0.2) is 121 Å². The summed E-state index contributed by atoms with van der Waals surface area (Å²) in [7, 11) is 1.72. The molecule has 4 heterocycles. The van der Waals surface area contributed by atoms with Crippen LogP contribution in [0.3, 0.4) is 0 Å². The summed E-state index contributed by atoms with van der Waals surface area (Å²) in [5, 5.41) is 0.634. The third-order valence-electron chi connectivity index (χ3n) is 11.0. The minimum Gasteiger partial charge on any atom is -0.497 e. The number of allylic oxidation sites excluding steroid dienone is 1. The summed E-state index contributed by atoms with van der Waals surface area (Å²) in [5.74, 6) is 1.72. The largest absolute Gasteiger partial charge is 0.497 e. The Morgan fingerprint density at radius 1 is 0.929 bits per heavy atom. The molecule has 5 nitrogen and oxygen atoms in total. The van der Waals surface area contributed by atoms with Crippen molar-refractivity contribution in [1.82, 2.24) is 14.5 Å². The lowest BCUT2D eigenvalue weighted by molar-refractivity contribution is 0.105. The first-order valence-corrected chi connectivity index (χ1v) is 14.9. The summed E-state index contributed by atoms with van der Waals surface area (Å²) in [6.07, 6.45) is 4.36. The summed E-state index contributed by atoms with van der Waals surface area (Å²) in [6.45, 7) is 5.42. The molecule has 1 saturated carbocycles. The third kappa shape index (κ3) is 2.37. The molecule has 42 heavy (non-hydrogen) atoms. The first-order chi connectivity index (χ1) is 20.7. The summed E-state index contributed by atoms with van der Waals surface area (Å²) >= 11 is 0. The first kappa shape index (κ1) is 24.2. The standard InChI is InChI=1S/C37H31N3O2/c1-3-31-35(24-13-6-4-7-14-24)32-19-12-22-39(32)37(36(31,35)25-15-8-5-9-16-25)28-23-26(42-2)20-21-30(28)40-33(41)27-17-10-11-18-29(27)38-34(37)40/h3-11,13-18,20-21,23,31-32H,1,12,19,22H2,2H3/t31-,32-,35+,36+,37-/m1/s1. The first-order valence-electron chi connectivity index (χ1n) is 14.9. The normalized spacial score (nSPS) is 30.1. The number of hydrogen-bond donors (Lipinski definition) is 0. The van der Waals surface area contributed by atoms with Crippen LogP contribution in [0.4, 0.5) is 0 Å². The van der Waals surface area contributed by atoms with Gasteiger partial charge in [0.2, 0.25) is 0 Å². The molecule has 0 radical (unpaired) electrons. The van der Waals surface area contributed by atoms with Crippen LogP contribution in [0.5, 0.6) is 5.75 Å². The predicted molar refractivity (Wildman–Crippen MR) is 164 cm³/mol. The fourth-order valence-electron chi connectivity index (χ4n) is 9.91. The van der Waals surface area contributed by atoms with E-state index in [1.807, 2.05) is 34.9 Å². The fraction of sp³-hybridized carbons (Fsp3) is 0.243. The van der Waals surface area contributed by atoms with E-state index in [0.29, 0.717) is 5.39 Å². The van der Waals surface area contributed by atoms with Gasteiger partial charge in [-0.3, -0.25) is 14.3 Å². The van der Waals surface area contributed by atoms with Crippen LogP contribution in [0.25, 0.3) is 16.6 Å². The average molecular weight is 550 g/mol. The summed E-state index contributed by atoms with van der Waals surface area (Å²) in [4.78, 5) is 22.7. The molecule has 1 aromatic heterocycles. The molecule has 4 aromatic carbocycles. The molecule has 0 N–H and O–H groups in total. The zero-order valence-corrected chi connectivity index (χ0v) is 23.5. The number of hydrogen-bond acceptors (Lipinski definition) is 4. The zero-order chi connectivity index (χ0) is 28.3. The van der Waals surface area contributed by atoms with Crippen LogP contribution in [-0.2, 0) is 16.4 Å². The quantitative estimate of drug-likeness (QED) is 0.254. The number of aromatic nitrogens is 2. The van der Waals surface area contributed by atoms with E-state index < -0.39 is 11.0 Å². The van der Waals surface area contributed by atoms with Gasteiger partial charge in [0.15, 0.2) is 0 Å². The van der Waals surface area contributed by atoms with Gasteiger partial charge in [-0.1, -0.05) is 78.9 Å². The lowest BCUT2D eigenvalue weighted by Crippen LogP contribution is -2.53. The molecule has 0 unspecified atom stereocenters. The van der Waals surface area contributed by atoms with Gasteiger partial charge in [0, 0.05) is 28.4 Å². The Balaban J connectivity index is 1.52. The molecule has 9 rings (SSSR count). The van der Waals surface area contributed by atoms with Crippen LogP contribution in [0, 0.1) is 5.92 Å². The van der Waals surface area contributed by atoms with Crippen molar-refractivity contribution in [2.45, 2.75) is 35.3 Å². The number of para-hydroxylation sites is 1. The maximum Gasteiger partial charge on any atom is 0.266 e. The Kier molecular flexibility index (Phi) is 4.65. The second-order valence-corrected chi connectivity index (χ2v) is 12.2. The fourth-order valence-corrected chi connectivity index (χ4v) is 9.91. The van der Waals surface area contributed by atoms with Crippen LogP contribution in [0.1, 0.15) is 35.4 Å². The highest BCUT2D eigenvalue weighted by Gasteiger charge is 2.94. The Morgan fingerprint density at radius 2 is 1.64 bits per heavy atom. The van der Waals surface area contributed by atoms with Gasteiger partial charge in [-0.25, -0.2) is 4.98 Å². The number of ether oxygens (including phenoxy) is 1. The van der Waals surface area contributed by atoms with E-state index in [9.17, 15) is 4.79 Å². The molecular weight excluding hydrogens is 518 g/mol. The van der Waals surface area contributed by atoms with Gasteiger partial charge < -0.3 is 4.74 Å². The van der Waals surface area contributed by atoms with Gasteiger partial charge in [-0.2, -0.15) is 0 Å². The number of piperidine rings is 1. The van der Waals surface area contributed by atoms with Gasteiger partial charge in [-0.15, -0.1) is 6.58 Å². The van der Waals surface area contributed by atoms with Gasteiger partial charge in [0.05, 0.1) is 23.7 Å². The highest BCUT2D eigenvalue weighted by atomic mass is 16.5. The summed E-state index contributed by atoms with van der Waals surface area (Å²) in [6, 6.07) is 36.2. The number of fused-ring (bicyclic) bond motifs is 11.